The maximum atomic E-state index is 6.95. The van der Waals surface area contributed by atoms with Crippen LogP contribution in [0.2, 0.25) is 0 Å². The van der Waals surface area contributed by atoms with Gasteiger partial charge in [0.2, 0.25) is 0 Å². The van der Waals surface area contributed by atoms with Crippen molar-refractivity contribution in [2.75, 3.05) is 19.6 Å². The number of para-hydroxylation sites is 5. The van der Waals surface area contributed by atoms with Crippen LogP contribution in [0.4, 0.5) is 56.9 Å². The summed E-state index contributed by atoms with van der Waals surface area (Å²) < 4.78 is 13.5. The molecule has 0 saturated heterocycles. The predicted molar refractivity (Wildman–Crippen MR) is 585 cm³/mol. The summed E-state index contributed by atoms with van der Waals surface area (Å²) in [6.07, 6.45) is 20.2. The molecule has 0 spiro atoms. The largest absolute Gasteiger partial charge is 0.454 e. The molecule has 658 valence electrons. The molecule has 20 aromatic carbocycles. The van der Waals surface area contributed by atoms with E-state index in [0.717, 1.165) is 181 Å². The summed E-state index contributed by atoms with van der Waals surface area (Å²) in [5.74, 6) is 0. The molecule has 0 aliphatic heterocycles. The molecule has 0 radical (unpaired) electrons. The summed E-state index contributed by atoms with van der Waals surface area (Å²) in [4.78, 5) is 9.39. The molecule has 2 aliphatic carbocycles. The highest BCUT2D eigenvalue weighted by atomic mass is 16.3. The van der Waals surface area contributed by atoms with Crippen LogP contribution >= 0.6 is 0 Å². The Balaban J connectivity index is 0.430. The number of fused-ring (bicyclic) bond motifs is 6. The van der Waals surface area contributed by atoms with E-state index in [1.165, 1.54) is 72.6 Å². The lowest BCUT2D eigenvalue weighted by Crippen LogP contribution is -2.17. The van der Waals surface area contributed by atoms with Gasteiger partial charge >= 0.3 is 0 Å². The highest BCUT2D eigenvalue weighted by Gasteiger charge is 2.26. The molecule has 0 fully saturated rings. The third-order valence-electron chi connectivity index (χ3n) is 27.3. The molecule has 24 rings (SSSR count). The maximum absolute atomic E-state index is 6.95. The van der Waals surface area contributed by atoms with Crippen molar-refractivity contribution >= 4 is 101 Å². The van der Waals surface area contributed by atoms with E-state index in [1.54, 1.807) is 0 Å². The zero-order valence-electron chi connectivity index (χ0n) is 76.5. The topological polar surface area (TPSA) is 39.2 Å². The van der Waals surface area contributed by atoms with Crippen molar-refractivity contribution in [1.29, 1.82) is 0 Å². The number of hydrogen-bond acceptors (Lipinski definition) is 6. The van der Waals surface area contributed by atoms with Gasteiger partial charge in [-0.25, -0.2) is 0 Å². The van der Waals surface area contributed by atoms with E-state index in [-0.39, 0.29) is 0 Å². The van der Waals surface area contributed by atoms with Crippen LogP contribution in [0.5, 0.6) is 0 Å². The first kappa shape index (κ1) is 83.9. The van der Waals surface area contributed by atoms with Gasteiger partial charge in [0.15, 0.2) is 11.2 Å². The highest BCUT2D eigenvalue weighted by molar-refractivity contribution is 6.12. The fourth-order valence-electron chi connectivity index (χ4n) is 20.1. The number of allylic oxidation sites excluding steroid dienone is 9. The first-order valence-electron chi connectivity index (χ1n) is 47.8. The van der Waals surface area contributed by atoms with Gasteiger partial charge in [0.05, 0.1) is 11.4 Å². The maximum Gasteiger partial charge on any atom is 0.159 e. The Bertz CT molecular complexity index is 8390. The van der Waals surface area contributed by atoms with Crippen LogP contribution in [0.15, 0.2) is 554 Å². The molecule has 22 aromatic rings. The second-order valence-electron chi connectivity index (χ2n) is 35.7. The molecule has 0 unspecified atom stereocenters. The van der Waals surface area contributed by atoms with Crippen LogP contribution in [0.25, 0.3) is 166 Å². The Labute approximate surface area is 810 Å². The SMILES string of the molecule is C1=CC=C(N(c2ccc(-c3ccc(-c4cccc(-c5ccc(-c6ccc(N(c7ccccc7)c7ccc(-c8ccccc8)cc7)cc6)cc5)c4)cc3)cc2)c2ccc(-c3ccc(-c4ccc5oc6c(N(c7ccccc7)c7ccc(-c8ccc(-c9ccccc9-c9ccc(-c%10ccc(N(C%11=CC=CCC%11)c%11cccc%12c%11oc%11ccccc%11%12)cc%10)cc9)cc8)cc7)cccc6c5c4)cc3)cc2)CC=C1. The summed E-state index contributed by atoms with van der Waals surface area (Å²) in [7, 11) is 0. The second-order valence-corrected chi connectivity index (χ2v) is 35.7. The van der Waals surface area contributed by atoms with Gasteiger partial charge in [-0.3, -0.25) is 0 Å². The molecule has 2 aromatic heterocycles. The Kier molecular flexibility index (Phi) is 22.6. The Morgan fingerprint density at radius 3 is 0.921 bits per heavy atom. The Morgan fingerprint density at radius 1 is 0.173 bits per heavy atom. The van der Waals surface area contributed by atoms with Crippen molar-refractivity contribution < 1.29 is 8.83 Å². The van der Waals surface area contributed by atoms with Gasteiger partial charge in [-0.2, -0.15) is 0 Å². The smallest absolute Gasteiger partial charge is 0.159 e. The van der Waals surface area contributed by atoms with Crippen LogP contribution in [-0.4, -0.2) is 0 Å². The van der Waals surface area contributed by atoms with Crippen molar-refractivity contribution in [1.82, 2.24) is 0 Å². The Hall–Kier alpha value is -18.1. The molecule has 2 aliphatic rings. The van der Waals surface area contributed by atoms with Crippen molar-refractivity contribution in [2.45, 2.75) is 19.3 Å². The molecule has 0 atom stereocenters. The van der Waals surface area contributed by atoms with Gasteiger partial charge in [-0.1, -0.05) is 388 Å². The standard InChI is InChI=1S/C133H94N4O2/c1-2-10-29-112(28-9-1)134(117-79-66-99(67-80-117)93-44-50-104(51-45-93)109-26-21-27-110(90-109)105-52-46-94(47-53-105)100-68-83-119(84-69-100)135(113-30-11-4-12-31-113)116-77-64-98(65-78-116)92-24-7-3-8-25-92)118-81-70-101(71-82-118)95-48-54-106(55-49-95)111-76-89-131-127(91-111)126-40-23-42-129(133(126)139-131)137(115-34-15-6-16-35-115)121-87-74-103(75-88-121)97-58-62-108(63-59-97)123-37-18-17-36-122(123)107-60-56-96(57-61-107)102-72-85-120(86-73-102)136(114-32-13-5-14-33-114)128-41-22-39-125-124-38-19-20-43-130(124)138-132(125)128/h1-13,15-28,30-32,34-91H,14,29,33H2. The Morgan fingerprint density at radius 2 is 0.475 bits per heavy atom. The summed E-state index contributed by atoms with van der Waals surface area (Å²) in [5, 5.41) is 4.37. The molecular weight excluding hydrogens is 1690 g/mol. The van der Waals surface area contributed by atoms with Crippen LogP contribution in [0.3, 0.4) is 0 Å². The number of hydrogen-bond donors (Lipinski definition) is 0. The zero-order valence-corrected chi connectivity index (χ0v) is 76.5. The van der Waals surface area contributed by atoms with E-state index in [4.69, 9.17) is 8.83 Å². The summed E-state index contributed by atoms with van der Waals surface area (Å²) in [6.45, 7) is 0. The molecule has 0 bridgehead atoms. The lowest BCUT2D eigenvalue weighted by molar-refractivity contribution is 0.668. The average Bonchev–Trinajstić information content (AvgIpc) is 1.62. The molecule has 139 heavy (non-hydrogen) atoms. The third-order valence-corrected chi connectivity index (χ3v) is 27.3. The van der Waals surface area contributed by atoms with Gasteiger partial charge in [-0.05, 0) is 281 Å². The second kappa shape index (κ2) is 37.4. The minimum absolute atomic E-state index is 0.794. The molecular formula is C133H94N4O2. The van der Waals surface area contributed by atoms with Crippen molar-refractivity contribution in [3.63, 3.8) is 0 Å². The van der Waals surface area contributed by atoms with E-state index < -0.39 is 0 Å². The van der Waals surface area contributed by atoms with Crippen LogP contribution in [0, 0.1) is 0 Å². The normalized spacial score (nSPS) is 12.4. The number of benzene rings is 20. The summed E-state index contributed by atoms with van der Waals surface area (Å²) in [6, 6.07) is 176. The molecule has 6 nitrogen and oxygen atoms in total. The molecule has 0 saturated carbocycles. The van der Waals surface area contributed by atoms with Crippen LogP contribution in [-0.2, 0) is 0 Å². The fraction of sp³-hybridized carbons (Fsp3) is 0.0226. The number of furan rings is 2. The molecule has 0 amide bonds. The lowest BCUT2D eigenvalue weighted by atomic mass is 9.92. The quantitative estimate of drug-likeness (QED) is 0.0636. The van der Waals surface area contributed by atoms with E-state index in [9.17, 15) is 0 Å². The number of rotatable bonds is 23. The fourth-order valence-corrected chi connectivity index (χ4v) is 20.1. The lowest BCUT2D eigenvalue weighted by Gasteiger charge is -2.29. The van der Waals surface area contributed by atoms with Crippen molar-refractivity contribution in [3.8, 4) is 122 Å². The van der Waals surface area contributed by atoms with Gasteiger partial charge < -0.3 is 28.4 Å². The minimum atomic E-state index is 0.794. The number of anilines is 10. The van der Waals surface area contributed by atoms with Gasteiger partial charge in [0.1, 0.15) is 11.2 Å². The minimum Gasteiger partial charge on any atom is -0.454 e. The third kappa shape index (κ3) is 16.9. The molecule has 0 N–H and O–H groups in total. The number of nitrogens with zero attached hydrogens (tertiary/aromatic N) is 4. The van der Waals surface area contributed by atoms with E-state index in [2.05, 4.69) is 547 Å². The van der Waals surface area contributed by atoms with Crippen LogP contribution in [0.1, 0.15) is 19.3 Å². The first-order chi connectivity index (χ1) is 68.9. The molecule has 2 heterocycles. The molecule has 6 heteroatoms. The monoisotopic (exact) mass is 1780 g/mol. The summed E-state index contributed by atoms with van der Waals surface area (Å²) in [5.41, 5.74) is 42.2. The van der Waals surface area contributed by atoms with Crippen molar-refractivity contribution in [3.05, 3.63) is 545 Å². The van der Waals surface area contributed by atoms with Crippen LogP contribution < -0.4 is 19.6 Å². The predicted octanol–water partition coefficient (Wildman–Crippen LogP) is 37.7. The van der Waals surface area contributed by atoms with Crippen molar-refractivity contribution in [2.24, 2.45) is 0 Å². The first-order valence-corrected chi connectivity index (χ1v) is 47.8. The average molecular weight is 1780 g/mol. The van der Waals surface area contributed by atoms with Gasteiger partial charge in [-0.15, -0.1) is 0 Å². The van der Waals surface area contributed by atoms with E-state index in [1.807, 2.05) is 6.07 Å². The summed E-state index contributed by atoms with van der Waals surface area (Å²) >= 11 is 0. The van der Waals surface area contributed by atoms with E-state index >= 15 is 0 Å². The van der Waals surface area contributed by atoms with Gasteiger partial charge in [0.25, 0.3) is 0 Å². The van der Waals surface area contributed by atoms with E-state index in [0.29, 0.717) is 0 Å². The van der Waals surface area contributed by atoms with Gasteiger partial charge in [0, 0.05) is 84.9 Å². The zero-order chi connectivity index (χ0) is 92.3. The highest BCUT2D eigenvalue weighted by Crippen LogP contribution is 2.48.